The van der Waals surface area contributed by atoms with Gasteiger partial charge in [-0.2, -0.15) is 0 Å². The molecule has 2 N–H and O–H groups in total. The Morgan fingerprint density at radius 3 is 2.46 bits per heavy atom. The highest BCUT2D eigenvalue weighted by Crippen LogP contribution is 2.22. The Kier molecular flexibility index (Phi) is 6.11. The predicted octanol–water partition coefficient (Wildman–Crippen LogP) is 2.52. The molecule has 3 aromatic rings. The number of rotatable bonds is 8. The van der Waals surface area contributed by atoms with E-state index in [9.17, 15) is 8.42 Å². The van der Waals surface area contributed by atoms with Gasteiger partial charge in [0.1, 0.15) is 5.75 Å². The van der Waals surface area contributed by atoms with Gasteiger partial charge in [-0.3, -0.25) is 0 Å². The molecule has 1 atom stereocenters. The summed E-state index contributed by atoms with van der Waals surface area (Å²) in [5.74, 6) is 0.891. The zero-order valence-corrected chi connectivity index (χ0v) is 16.8. The first-order valence-corrected chi connectivity index (χ1v) is 10.7. The van der Waals surface area contributed by atoms with E-state index in [4.69, 9.17) is 10.5 Å². The molecule has 0 aliphatic carbocycles. The molecule has 0 unspecified atom stereocenters. The Bertz CT molecular complexity index is 1030. The van der Waals surface area contributed by atoms with Crippen LogP contribution in [0, 0.1) is 0 Å². The fourth-order valence-corrected chi connectivity index (χ4v) is 4.58. The number of hydrogen-bond acceptors (Lipinski definition) is 6. The predicted molar refractivity (Wildman–Crippen MR) is 107 cm³/mol. The van der Waals surface area contributed by atoms with Crippen LogP contribution in [0.1, 0.15) is 29.9 Å². The molecule has 1 heterocycles. The van der Waals surface area contributed by atoms with Gasteiger partial charge >= 0.3 is 0 Å². The van der Waals surface area contributed by atoms with Crippen molar-refractivity contribution >= 4 is 9.84 Å². The van der Waals surface area contributed by atoms with Gasteiger partial charge in [0.05, 0.1) is 18.9 Å². The molecule has 0 saturated heterocycles. The third kappa shape index (κ3) is 4.40. The second-order valence-electron chi connectivity index (χ2n) is 6.49. The van der Waals surface area contributed by atoms with E-state index in [1.807, 2.05) is 37.3 Å². The molecule has 7 nitrogen and oxygen atoms in total. The van der Waals surface area contributed by atoms with Gasteiger partial charge in [-0.05, 0) is 36.6 Å². The summed E-state index contributed by atoms with van der Waals surface area (Å²) in [6.45, 7) is 2.27. The Labute approximate surface area is 165 Å². The molecular formula is C20H24N4O3S. The number of nitrogens with two attached hydrogens (primary N) is 1. The smallest absolute Gasteiger partial charge is 0.250 e. The summed E-state index contributed by atoms with van der Waals surface area (Å²) in [5.41, 5.74) is 8.00. The lowest BCUT2D eigenvalue weighted by atomic mass is 10.1. The van der Waals surface area contributed by atoms with Crippen LogP contribution in [0.15, 0.2) is 59.8 Å². The maximum atomic E-state index is 13.0. The first kappa shape index (κ1) is 20.0. The molecule has 0 spiro atoms. The minimum Gasteiger partial charge on any atom is -0.497 e. The molecule has 0 bridgehead atoms. The molecule has 2 aromatic carbocycles. The van der Waals surface area contributed by atoms with Gasteiger partial charge in [0, 0.05) is 6.54 Å². The molecule has 0 fully saturated rings. The Balaban J connectivity index is 1.87. The van der Waals surface area contributed by atoms with Crippen LogP contribution in [-0.2, 0) is 28.6 Å². The molecule has 0 radical (unpaired) electrons. The van der Waals surface area contributed by atoms with Crippen LogP contribution < -0.4 is 10.5 Å². The zero-order chi connectivity index (χ0) is 20.1. The topological polar surface area (TPSA) is 100 Å². The van der Waals surface area contributed by atoms with E-state index in [-0.39, 0.29) is 10.9 Å². The summed E-state index contributed by atoms with van der Waals surface area (Å²) in [7, 11) is -2.14. The van der Waals surface area contributed by atoms with Crippen molar-refractivity contribution in [1.82, 2.24) is 14.8 Å². The van der Waals surface area contributed by atoms with E-state index in [1.165, 1.54) is 0 Å². The molecule has 0 aliphatic heterocycles. The number of hydrogen-bond donors (Lipinski definition) is 1. The van der Waals surface area contributed by atoms with Gasteiger partial charge in [0.25, 0.3) is 0 Å². The van der Waals surface area contributed by atoms with Crippen LogP contribution in [0.25, 0.3) is 0 Å². The number of benzene rings is 2. The molecule has 0 aliphatic rings. The van der Waals surface area contributed by atoms with Crippen LogP contribution >= 0.6 is 0 Å². The van der Waals surface area contributed by atoms with Crippen LogP contribution in [-0.4, -0.2) is 30.3 Å². The molecule has 28 heavy (non-hydrogen) atoms. The van der Waals surface area contributed by atoms with Crippen molar-refractivity contribution in [1.29, 1.82) is 0 Å². The van der Waals surface area contributed by atoms with Gasteiger partial charge in [-0.1, -0.05) is 42.5 Å². The van der Waals surface area contributed by atoms with Crippen LogP contribution in [0.2, 0.25) is 0 Å². The van der Waals surface area contributed by atoms with E-state index in [0.717, 1.165) is 5.56 Å². The number of ether oxygens (including phenoxy) is 1. The Hall–Kier alpha value is -2.71. The van der Waals surface area contributed by atoms with Crippen molar-refractivity contribution in [2.24, 2.45) is 5.73 Å². The average molecular weight is 401 g/mol. The van der Waals surface area contributed by atoms with E-state index >= 15 is 0 Å². The highest BCUT2D eigenvalue weighted by atomic mass is 32.2. The highest BCUT2D eigenvalue weighted by Gasteiger charge is 2.27. The number of nitrogens with zero attached hydrogens (tertiary/aromatic N) is 3. The van der Waals surface area contributed by atoms with Crippen molar-refractivity contribution in [2.45, 2.75) is 36.8 Å². The second kappa shape index (κ2) is 8.53. The van der Waals surface area contributed by atoms with Crippen LogP contribution in [0.5, 0.6) is 5.75 Å². The zero-order valence-electron chi connectivity index (χ0n) is 15.9. The molecule has 3 rings (SSSR count). The third-order valence-electron chi connectivity index (χ3n) is 4.46. The number of sulfone groups is 1. The lowest BCUT2D eigenvalue weighted by Crippen LogP contribution is -2.21. The van der Waals surface area contributed by atoms with Gasteiger partial charge < -0.3 is 15.0 Å². The van der Waals surface area contributed by atoms with Crippen molar-refractivity contribution in [2.75, 3.05) is 7.11 Å². The third-order valence-corrected chi connectivity index (χ3v) is 6.03. The fourth-order valence-electron chi connectivity index (χ4n) is 3.11. The maximum absolute atomic E-state index is 13.0. The Morgan fingerprint density at radius 1 is 1.07 bits per heavy atom. The van der Waals surface area contributed by atoms with Crippen molar-refractivity contribution in [3.8, 4) is 5.75 Å². The normalized spacial score (nSPS) is 12.7. The summed E-state index contributed by atoms with van der Waals surface area (Å²) in [4.78, 5) is 0. The molecule has 148 valence electrons. The summed E-state index contributed by atoms with van der Waals surface area (Å²) in [6, 6.07) is 16.3. The van der Waals surface area contributed by atoms with Crippen LogP contribution in [0.4, 0.5) is 0 Å². The largest absolute Gasteiger partial charge is 0.497 e. The summed E-state index contributed by atoms with van der Waals surface area (Å²) >= 11 is 0. The maximum Gasteiger partial charge on any atom is 0.250 e. The van der Waals surface area contributed by atoms with E-state index in [1.54, 1.807) is 35.9 Å². The quantitative estimate of drug-likeness (QED) is 0.624. The first-order chi connectivity index (χ1) is 13.4. The second-order valence-corrected chi connectivity index (χ2v) is 8.38. The van der Waals surface area contributed by atoms with Gasteiger partial charge in [0.2, 0.25) is 15.0 Å². The van der Waals surface area contributed by atoms with E-state index < -0.39 is 15.9 Å². The molecule has 8 heteroatoms. The summed E-state index contributed by atoms with van der Waals surface area (Å²) < 4.78 is 32.7. The molecule has 1 aromatic heterocycles. The van der Waals surface area contributed by atoms with Crippen molar-refractivity contribution < 1.29 is 13.2 Å². The SMILES string of the molecule is CCn1c([C@@H](N)Cc2ccccc2)nnc1S(=O)(=O)Cc1cccc(OC)c1. The average Bonchev–Trinajstić information content (AvgIpc) is 3.14. The minimum absolute atomic E-state index is 0.0590. The first-order valence-electron chi connectivity index (χ1n) is 9.03. The van der Waals surface area contributed by atoms with Gasteiger partial charge in [0.15, 0.2) is 5.82 Å². The highest BCUT2D eigenvalue weighted by molar-refractivity contribution is 7.90. The van der Waals surface area contributed by atoms with E-state index in [2.05, 4.69) is 10.2 Å². The lowest BCUT2D eigenvalue weighted by molar-refractivity contribution is 0.414. The minimum atomic E-state index is -3.69. The summed E-state index contributed by atoms with van der Waals surface area (Å²) in [6.07, 6.45) is 0.551. The molecule has 0 amide bonds. The van der Waals surface area contributed by atoms with Crippen LogP contribution in [0.3, 0.4) is 0 Å². The van der Waals surface area contributed by atoms with Gasteiger partial charge in [-0.15, -0.1) is 10.2 Å². The Morgan fingerprint density at radius 2 is 1.79 bits per heavy atom. The van der Waals surface area contributed by atoms with Gasteiger partial charge in [-0.25, -0.2) is 8.42 Å². The monoisotopic (exact) mass is 400 g/mol. The standard InChI is InChI=1S/C20H24N4O3S/c1-3-24-19(18(21)13-15-8-5-4-6-9-15)22-23-20(24)28(25,26)14-16-10-7-11-17(12-16)27-2/h4-12,18H,3,13-14,21H2,1-2H3/t18-/m0/s1. The van der Waals surface area contributed by atoms with Crippen molar-refractivity contribution in [3.05, 3.63) is 71.5 Å². The summed E-state index contributed by atoms with van der Waals surface area (Å²) in [5, 5.41) is 8.02. The number of aromatic nitrogens is 3. The van der Waals surface area contributed by atoms with E-state index in [0.29, 0.717) is 30.1 Å². The molecule has 0 saturated carbocycles. The fraction of sp³-hybridized carbons (Fsp3) is 0.300. The van der Waals surface area contributed by atoms with Crippen molar-refractivity contribution in [3.63, 3.8) is 0 Å². The number of methoxy groups -OCH3 is 1. The molecular weight excluding hydrogens is 376 g/mol. The lowest BCUT2D eigenvalue weighted by Gasteiger charge is -2.14.